The average Bonchev–Trinajstić information content (AvgIpc) is 3.20. The number of thiophene rings is 1. The van der Waals surface area contributed by atoms with Gasteiger partial charge >= 0.3 is 0 Å². The van der Waals surface area contributed by atoms with Crippen LogP contribution in [-0.2, 0) is 24.3 Å². The molecule has 4 heterocycles. The summed E-state index contributed by atoms with van der Waals surface area (Å²) in [5, 5.41) is 2.09. The van der Waals surface area contributed by atoms with Crippen molar-refractivity contribution >= 4 is 17.2 Å². The summed E-state index contributed by atoms with van der Waals surface area (Å²) in [6.45, 7) is 3.22. The van der Waals surface area contributed by atoms with Crippen LogP contribution < -0.4 is 5.56 Å². The molecule has 1 saturated heterocycles. The van der Waals surface area contributed by atoms with Crippen molar-refractivity contribution in [2.75, 3.05) is 13.1 Å². The summed E-state index contributed by atoms with van der Waals surface area (Å²) >= 11 is 1.75. The van der Waals surface area contributed by atoms with Crippen LogP contribution >= 0.6 is 11.3 Å². The molecule has 2 fully saturated rings. The number of carbonyl (C=O) groups excluding carboxylic acids is 1. The largest absolute Gasteiger partial charge is 0.332 e. The molecule has 3 aliphatic rings. The predicted molar refractivity (Wildman–Crippen MR) is 113 cm³/mol. The lowest BCUT2D eigenvalue weighted by Crippen LogP contribution is -2.45. The number of piperidine rings is 1. The van der Waals surface area contributed by atoms with Crippen LogP contribution in [0, 0.1) is 5.92 Å². The van der Waals surface area contributed by atoms with E-state index in [1.807, 2.05) is 4.90 Å². The highest BCUT2D eigenvalue weighted by molar-refractivity contribution is 7.09. The summed E-state index contributed by atoms with van der Waals surface area (Å²) in [6.07, 6.45) is 6.99. The number of H-pyrrole nitrogens is 1. The van der Waals surface area contributed by atoms with Gasteiger partial charge in [0.15, 0.2) is 0 Å². The Balaban J connectivity index is 1.37. The number of aromatic nitrogens is 2. The van der Waals surface area contributed by atoms with Gasteiger partial charge in [0.25, 0.3) is 5.56 Å². The second kappa shape index (κ2) is 8.03. The van der Waals surface area contributed by atoms with Crippen molar-refractivity contribution in [2.45, 2.75) is 64.1 Å². The van der Waals surface area contributed by atoms with Crippen LogP contribution in [0.5, 0.6) is 0 Å². The zero-order valence-corrected chi connectivity index (χ0v) is 17.5. The summed E-state index contributed by atoms with van der Waals surface area (Å²) in [4.78, 5) is 39.5. The second-order valence-corrected chi connectivity index (χ2v) is 9.62. The van der Waals surface area contributed by atoms with Crippen molar-refractivity contribution in [1.29, 1.82) is 0 Å². The van der Waals surface area contributed by atoms with Crippen molar-refractivity contribution in [1.82, 2.24) is 19.8 Å². The van der Waals surface area contributed by atoms with E-state index in [4.69, 9.17) is 4.98 Å². The van der Waals surface area contributed by atoms with Crippen LogP contribution in [0.3, 0.4) is 0 Å². The first-order chi connectivity index (χ1) is 14.2. The number of hydrogen-bond donors (Lipinski definition) is 1. The first-order valence-electron chi connectivity index (χ1n) is 10.9. The number of nitrogens with one attached hydrogen (secondary N) is 1. The molecular formula is C22H28N4O2S. The van der Waals surface area contributed by atoms with Crippen molar-refractivity contribution in [2.24, 2.45) is 5.92 Å². The Bertz CT molecular complexity index is 935. The van der Waals surface area contributed by atoms with Crippen LogP contribution in [0.1, 0.15) is 66.5 Å². The summed E-state index contributed by atoms with van der Waals surface area (Å²) in [5.41, 5.74) is 1.69. The van der Waals surface area contributed by atoms with Crippen LogP contribution in [0.4, 0.5) is 0 Å². The number of hydrogen-bond acceptors (Lipinski definition) is 5. The Hall–Kier alpha value is -1.99. The fraction of sp³-hybridized carbons (Fsp3) is 0.591. The predicted octanol–water partition coefficient (Wildman–Crippen LogP) is 3.24. The van der Waals surface area contributed by atoms with Gasteiger partial charge in [0.2, 0.25) is 5.91 Å². The summed E-state index contributed by atoms with van der Waals surface area (Å²) in [5.74, 6) is 1.15. The molecule has 2 aromatic heterocycles. The molecular weight excluding hydrogens is 384 g/mol. The molecule has 2 aliphatic heterocycles. The van der Waals surface area contributed by atoms with Gasteiger partial charge in [0, 0.05) is 43.4 Å². The molecule has 1 atom stereocenters. The van der Waals surface area contributed by atoms with E-state index in [1.54, 1.807) is 11.3 Å². The van der Waals surface area contributed by atoms with E-state index in [1.165, 1.54) is 4.88 Å². The van der Waals surface area contributed by atoms with Gasteiger partial charge < -0.3 is 9.88 Å². The molecule has 2 aromatic rings. The molecule has 1 saturated carbocycles. The van der Waals surface area contributed by atoms with Crippen LogP contribution in [0.25, 0.3) is 0 Å². The molecule has 154 valence electrons. The van der Waals surface area contributed by atoms with E-state index < -0.39 is 0 Å². The molecule has 0 radical (unpaired) electrons. The van der Waals surface area contributed by atoms with E-state index in [-0.39, 0.29) is 23.4 Å². The Morgan fingerprint density at radius 2 is 2.10 bits per heavy atom. The molecule has 29 heavy (non-hydrogen) atoms. The summed E-state index contributed by atoms with van der Waals surface area (Å²) in [6, 6.07) is 4.14. The van der Waals surface area contributed by atoms with Gasteiger partial charge in [-0.1, -0.05) is 12.5 Å². The monoisotopic (exact) mass is 412 g/mol. The number of fused-ring (bicyclic) bond motifs is 1. The van der Waals surface area contributed by atoms with E-state index in [0.29, 0.717) is 12.4 Å². The SMILES string of the molecule is O=C(C1CCC1)N1CCCC[C@@H]1c1nc2c(c(=O)[nH]1)CN(Cc1cccs1)CC2. The lowest BCUT2D eigenvalue weighted by molar-refractivity contribution is -0.142. The minimum absolute atomic E-state index is 0.0255. The van der Waals surface area contributed by atoms with Crippen LogP contribution in [-0.4, -0.2) is 38.8 Å². The number of nitrogens with zero attached hydrogens (tertiary/aromatic N) is 3. The molecule has 1 aliphatic carbocycles. The molecule has 1 amide bonds. The zero-order valence-electron chi connectivity index (χ0n) is 16.7. The highest BCUT2D eigenvalue weighted by Crippen LogP contribution is 2.35. The molecule has 0 spiro atoms. The molecule has 5 rings (SSSR count). The number of amides is 1. The maximum absolute atomic E-state index is 12.9. The molecule has 1 N–H and O–H groups in total. The second-order valence-electron chi connectivity index (χ2n) is 8.59. The minimum atomic E-state index is -0.0704. The number of aromatic amines is 1. The maximum Gasteiger partial charge on any atom is 0.255 e. The Kier molecular flexibility index (Phi) is 5.26. The van der Waals surface area contributed by atoms with Crippen molar-refractivity contribution < 1.29 is 4.79 Å². The standard InChI is InChI=1S/C22H28N4O2S/c27-21-17-14-25(13-16-7-4-12-29-16)11-9-18(17)23-20(24-21)19-8-1-2-10-26(19)22(28)15-5-3-6-15/h4,7,12,15,19H,1-3,5-6,8-11,13-14H2,(H,23,24,27)/t19-/m1/s1. The van der Waals surface area contributed by atoms with Gasteiger partial charge in [-0.25, -0.2) is 4.98 Å². The Morgan fingerprint density at radius 3 is 2.86 bits per heavy atom. The third-order valence-electron chi connectivity index (χ3n) is 6.68. The number of likely N-dealkylation sites (tertiary alicyclic amines) is 1. The lowest BCUT2D eigenvalue weighted by atomic mass is 9.83. The lowest BCUT2D eigenvalue weighted by Gasteiger charge is -2.39. The third kappa shape index (κ3) is 3.78. The van der Waals surface area contributed by atoms with Gasteiger partial charge in [-0.05, 0) is 43.6 Å². The first kappa shape index (κ1) is 19.0. The van der Waals surface area contributed by atoms with Crippen LogP contribution in [0.15, 0.2) is 22.3 Å². The van der Waals surface area contributed by atoms with E-state index in [0.717, 1.165) is 75.8 Å². The maximum atomic E-state index is 12.9. The number of rotatable bonds is 4. The van der Waals surface area contributed by atoms with Gasteiger partial charge in [-0.2, -0.15) is 0 Å². The zero-order chi connectivity index (χ0) is 19.8. The van der Waals surface area contributed by atoms with Gasteiger partial charge in [0.05, 0.1) is 17.3 Å². The van der Waals surface area contributed by atoms with Crippen molar-refractivity contribution in [3.8, 4) is 0 Å². The van der Waals surface area contributed by atoms with Crippen molar-refractivity contribution in [3.05, 3.63) is 49.8 Å². The van der Waals surface area contributed by atoms with Crippen molar-refractivity contribution in [3.63, 3.8) is 0 Å². The van der Waals surface area contributed by atoms with Crippen LogP contribution in [0.2, 0.25) is 0 Å². The van der Waals surface area contributed by atoms with Gasteiger partial charge in [-0.15, -0.1) is 11.3 Å². The van der Waals surface area contributed by atoms with E-state index in [2.05, 4.69) is 27.4 Å². The van der Waals surface area contributed by atoms with E-state index in [9.17, 15) is 9.59 Å². The first-order valence-corrected chi connectivity index (χ1v) is 11.7. The highest BCUT2D eigenvalue weighted by Gasteiger charge is 2.36. The topological polar surface area (TPSA) is 69.3 Å². The average molecular weight is 413 g/mol. The summed E-state index contributed by atoms with van der Waals surface area (Å²) in [7, 11) is 0. The fourth-order valence-corrected chi connectivity index (χ4v) is 5.53. The quantitative estimate of drug-likeness (QED) is 0.837. The smallest absolute Gasteiger partial charge is 0.255 e. The van der Waals surface area contributed by atoms with Gasteiger partial charge in [0.1, 0.15) is 5.82 Å². The Labute approximate surface area is 175 Å². The Morgan fingerprint density at radius 1 is 1.21 bits per heavy atom. The molecule has 0 unspecified atom stereocenters. The molecule has 0 bridgehead atoms. The molecule has 0 aromatic carbocycles. The number of carbonyl (C=O) groups is 1. The third-order valence-corrected chi connectivity index (χ3v) is 7.54. The highest BCUT2D eigenvalue weighted by atomic mass is 32.1. The normalized spacial score (nSPS) is 22.9. The van der Waals surface area contributed by atoms with E-state index >= 15 is 0 Å². The van der Waals surface area contributed by atoms with Gasteiger partial charge in [-0.3, -0.25) is 14.5 Å². The minimum Gasteiger partial charge on any atom is -0.332 e. The summed E-state index contributed by atoms with van der Waals surface area (Å²) < 4.78 is 0. The molecule has 6 nitrogen and oxygen atoms in total. The molecule has 7 heteroatoms. The fourth-order valence-electron chi connectivity index (χ4n) is 4.79.